The molecule has 102 valence electrons. The van der Waals surface area contributed by atoms with E-state index in [0.29, 0.717) is 6.04 Å². The number of aromatic nitrogens is 3. The molecule has 4 heteroatoms. The highest BCUT2D eigenvalue weighted by atomic mass is 15.4. The molecule has 1 aromatic rings. The van der Waals surface area contributed by atoms with Gasteiger partial charge in [-0.15, -0.1) is 0 Å². The van der Waals surface area contributed by atoms with Gasteiger partial charge in [0.15, 0.2) is 5.82 Å². The Morgan fingerprint density at radius 1 is 1.28 bits per heavy atom. The molecule has 2 rings (SSSR count). The smallest absolute Gasteiger partial charge is 0.150 e. The van der Waals surface area contributed by atoms with Gasteiger partial charge in [-0.3, -0.25) is 0 Å². The molecule has 1 heterocycles. The molecule has 18 heavy (non-hydrogen) atoms. The maximum atomic E-state index is 4.68. The molecule has 0 radical (unpaired) electrons. The van der Waals surface area contributed by atoms with Crippen LogP contribution in [0, 0.1) is 0 Å². The number of rotatable bonds is 8. The zero-order valence-electron chi connectivity index (χ0n) is 11.9. The molecule has 0 aliphatic heterocycles. The average Bonchev–Trinajstić information content (AvgIpc) is 3.12. The number of aryl methyl sites for hydroxylation is 2. The number of hydrogen-bond acceptors (Lipinski definition) is 3. The van der Waals surface area contributed by atoms with E-state index in [-0.39, 0.29) is 0 Å². The van der Waals surface area contributed by atoms with E-state index in [1.54, 1.807) is 0 Å². The zero-order chi connectivity index (χ0) is 13.0. The van der Waals surface area contributed by atoms with Crippen molar-refractivity contribution in [1.29, 1.82) is 0 Å². The molecule has 0 bridgehead atoms. The Balaban J connectivity index is 2.08. The summed E-state index contributed by atoms with van der Waals surface area (Å²) in [5.74, 6) is 2.13. The van der Waals surface area contributed by atoms with Gasteiger partial charge in [0.1, 0.15) is 5.82 Å². The fourth-order valence-corrected chi connectivity index (χ4v) is 2.32. The van der Waals surface area contributed by atoms with Gasteiger partial charge < -0.3 is 5.32 Å². The summed E-state index contributed by atoms with van der Waals surface area (Å²) in [6.07, 6.45) is 6.96. The summed E-state index contributed by atoms with van der Waals surface area (Å²) in [5.41, 5.74) is 0. The van der Waals surface area contributed by atoms with Crippen molar-refractivity contribution >= 4 is 0 Å². The van der Waals surface area contributed by atoms with Gasteiger partial charge in [0.25, 0.3) is 0 Å². The first kappa shape index (κ1) is 13.5. The van der Waals surface area contributed by atoms with Crippen LogP contribution < -0.4 is 5.32 Å². The van der Waals surface area contributed by atoms with E-state index in [1.807, 2.05) is 0 Å². The molecule has 1 aromatic heterocycles. The normalized spacial score (nSPS) is 17.1. The molecule has 0 aromatic carbocycles. The Morgan fingerprint density at radius 2 is 2.06 bits per heavy atom. The first-order chi connectivity index (χ1) is 8.78. The standard InChI is InChI=1S/C14H26N4/c1-4-7-12(10-15-11-8-9-11)18-14(6-3)16-13(5-2)17-18/h11-12,15H,4-10H2,1-3H3. The Bertz CT molecular complexity index is 368. The molecule has 4 nitrogen and oxygen atoms in total. The third-order valence-electron chi connectivity index (χ3n) is 3.57. The van der Waals surface area contributed by atoms with Crippen LogP contribution in [0.2, 0.25) is 0 Å². The number of nitrogens with one attached hydrogen (secondary N) is 1. The zero-order valence-corrected chi connectivity index (χ0v) is 11.9. The highest BCUT2D eigenvalue weighted by molar-refractivity contribution is 4.95. The van der Waals surface area contributed by atoms with E-state index in [0.717, 1.165) is 37.1 Å². The van der Waals surface area contributed by atoms with Gasteiger partial charge in [0.2, 0.25) is 0 Å². The van der Waals surface area contributed by atoms with Gasteiger partial charge in [0, 0.05) is 25.4 Å². The van der Waals surface area contributed by atoms with Crippen molar-refractivity contribution < 1.29 is 0 Å². The molecule has 1 aliphatic rings. The number of nitrogens with zero attached hydrogens (tertiary/aromatic N) is 3. The Labute approximate surface area is 110 Å². The fourth-order valence-electron chi connectivity index (χ4n) is 2.32. The maximum absolute atomic E-state index is 4.68. The first-order valence-electron chi connectivity index (χ1n) is 7.46. The van der Waals surface area contributed by atoms with E-state index < -0.39 is 0 Å². The van der Waals surface area contributed by atoms with Crippen LogP contribution in [0.1, 0.15) is 64.1 Å². The predicted octanol–water partition coefficient (Wildman–Crippen LogP) is 2.50. The quantitative estimate of drug-likeness (QED) is 0.771. The van der Waals surface area contributed by atoms with Crippen LogP contribution in [-0.4, -0.2) is 27.4 Å². The van der Waals surface area contributed by atoms with Gasteiger partial charge >= 0.3 is 0 Å². The Kier molecular flexibility index (Phi) is 4.75. The summed E-state index contributed by atoms with van der Waals surface area (Å²) in [5, 5.41) is 8.31. The van der Waals surface area contributed by atoms with Crippen LogP contribution in [0.4, 0.5) is 0 Å². The summed E-state index contributed by atoms with van der Waals surface area (Å²) in [7, 11) is 0. The molecule has 1 atom stereocenters. The highest BCUT2D eigenvalue weighted by Crippen LogP contribution is 2.21. The van der Waals surface area contributed by atoms with Gasteiger partial charge in [-0.05, 0) is 19.3 Å². The van der Waals surface area contributed by atoms with Crippen molar-refractivity contribution in [2.75, 3.05) is 6.54 Å². The second kappa shape index (κ2) is 6.32. The molecule has 1 unspecified atom stereocenters. The molecular weight excluding hydrogens is 224 g/mol. The average molecular weight is 250 g/mol. The lowest BCUT2D eigenvalue weighted by Crippen LogP contribution is -2.28. The lowest BCUT2D eigenvalue weighted by atomic mass is 10.1. The summed E-state index contributed by atoms with van der Waals surface area (Å²) < 4.78 is 2.18. The lowest BCUT2D eigenvalue weighted by molar-refractivity contribution is 0.381. The number of hydrogen-bond donors (Lipinski definition) is 1. The van der Waals surface area contributed by atoms with Crippen LogP contribution in [0.15, 0.2) is 0 Å². The van der Waals surface area contributed by atoms with Gasteiger partial charge in [-0.25, -0.2) is 9.67 Å². The minimum Gasteiger partial charge on any atom is -0.312 e. The third-order valence-corrected chi connectivity index (χ3v) is 3.57. The monoisotopic (exact) mass is 250 g/mol. The lowest BCUT2D eigenvalue weighted by Gasteiger charge is -2.19. The van der Waals surface area contributed by atoms with Crippen LogP contribution in [0.3, 0.4) is 0 Å². The van der Waals surface area contributed by atoms with Gasteiger partial charge in [0.05, 0.1) is 6.04 Å². The molecular formula is C14H26N4. The largest absolute Gasteiger partial charge is 0.312 e. The summed E-state index contributed by atoms with van der Waals surface area (Å²) >= 11 is 0. The molecule has 1 saturated carbocycles. The third kappa shape index (κ3) is 3.31. The minimum atomic E-state index is 0.471. The Hall–Kier alpha value is -0.900. The summed E-state index contributed by atoms with van der Waals surface area (Å²) in [4.78, 5) is 4.62. The van der Waals surface area contributed by atoms with Crippen molar-refractivity contribution in [3.63, 3.8) is 0 Å². The predicted molar refractivity (Wildman–Crippen MR) is 73.7 cm³/mol. The van der Waals surface area contributed by atoms with Gasteiger partial charge in [-0.1, -0.05) is 27.2 Å². The second-order valence-corrected chi connectivity index (χ2v) is 5.22. The molecule has 1 fully saturated rings. The first-order valence-corrected chi connectivity index (χ1v) is 7.46. The van der Waals surface area contributed by atoms with Crippen molar-refractivity contribution in [1.82, 2.24) is 20.1 Å². The molecule has 0 saturated heterocycles. The van der Waals surface area contributed by atoms with Crippen molar-refractivity contribution in [2.45, 2.75) is 71.4 Å². The molecule has 0 spiro atoms. The van der Waals surface area contributed by atoms with E-state index in [2.05, 4.69) is 40.9 Å². The van der Waals surface area contributed by atoms with Crippen molar-refractivity contribution in [3.8, 4) is 0 Å². The van der Waals surface area contributed by atoms with E-state index in [4.69, 9.17) is 0 Å². The van der Waals surface area contributed by atoms with E-state index in [9.17, 15) is 0 Å². The SMILES string of the molecule is CCCC(CNC1CC1)n1nc(CC)nc1CC. The summed E-state index contributed by atoms with van der Waals surface area (Å²) in [6, 6.07) is 1.24. The van der Waals surface area contributed by atoms with Crippen molar-refractivity contribution in [2.24, 2.45) is 0 Å². The fraction of sp³-hybridized carbons (Fsp3) is 0.857. The molecule has 1 N–H and O–H groups in total. The van der Waals surface area contributed by atoms with Crippen LogP contribution >= 0.6 is 0 Å². The van der Waals surface area contributed by atoms with E-state index >= 15 is 0 Å². The topological polar surface area (TPSA) is 42.7 Å². The van der Waals surface area contributed by atoms with Crippen LogP contribution in [0.25, 0.3) is 0 Å². The summed E-state index contributed by atoms with van der Waals surface area (Å²) in [6.45, 7) is 7.57. The highest BCUT2D eigenvalue weighted by Gasteiger charge is 2.23. The van der Waals surface area contributed by atoms with Crippen LogP contribution in [-0.2, 0) is 12.8 Å². The van der Waals surface area contributed by atoms with Crippen molar-refractivity contribution in [3.05, 3.63) is 11.6 Å². The molecule has 1 aliphatic carbocycles. The molecule has 0 amide bonds. The van der Waals surface area contributed by atoms with Crippen LogP contribution in [0.5, 0.6) is 0 Å². The van der Waals surface area contributed by atoms with E-state index in [1.165, 1.54) is 25.7 Å². The second-order valence-electron chi connectivity index (χ2n) is 5.22. The Morgan fingerprint density at radius 3 is 2.61 bits per heavy atom. The maximum Gasteiger partial charge on any atom is 0.150 e. The minimum absolute atomic E-state index is 0.471. The van der Waals surface area contributed by atoms with Gasteiger partial charge in [-0.2, -0.15) is 5.10 Å².